The number of hydrogen-bond donors (Lipinski definition) is 4. The fraction of sp³-hybridized carbons (Fsp3) is 0.167. The zero-order valence-electron chi connectivity index (χ0n) is 10.9. The molecule has 5 N–H and O–H groups in total. The molecule has 21 heavy (non-hydrogen) atoms. The number of carbonyl (C=O) groups excluding carboxylic acids is 1. The third-order valence-corrected chi connectivity index (χ3v) is 2.67. The normalized spacial score (nSPS) is 11.2. The van der Waals surface area contributed by atoms with Crippen LogP contribution in [0.2, 0.25) is 0 Å². The fourth-order valence-corrected chi connectivity index (χ4v) is 1.58. The van der Waals surface area contributed by atoms with Gasteiger partial charge >= 0.3 is 12.2 Å². The monoisotopic (exact) mass is 299 g/mol. The van der Waals surface area contributed by atoms with Crippen LogP contribution < -0.4 is 16.4 Å². The smallest absolute Gasteiger partial charge is 0.394 e. The Labute approximate surface area is 117 Å². The lowest BCUT2D eigenvalue weighted by atomic mass is 10.2. The third kappa shape index (κ3) is 3.44. The number of aromatic amines is 1. The Hall–Kier alpha value is -2.71. The second-order valence-corrected chi connectivity index (χ2v) is 4.27. The Bertz CT molecular complexity index is 665. The molecule has 6 nitrogen and oxygen atoms in total. The van der Waals surface area contributed by atoms with E-state index < -0.39 is 17.8 Å². The highest BCUT2D eigenvalue weighted by molar-refractivity contribution is 6.00. The van der Waals surface area contributed by atoms with Crippen LogP contribution in [0.5, 0.6) is 0 Å². The molecule has 2 aromatic rings. The van der Waals surface area contributed by atoms with Crippen LogP contribution in [0, 0.1) is 6.92 Å². The van der Waals surface area contributed by atoms with Crippen molar-refractivity contribution in [3.8, 4) is 0 Å². The average Bonchev–Trinajstić information content (AvgIpc) is 2.70. The lowest BCUT2D eigenvalue weighted by Gasteiger charge is -2.10. The predicted octanol–water partition coefficient (Wildman–Crippen LogP) is 2.96. The molecule has 9 heteroatoms. The predicted molar refractivity (Wildman–Crippen MR) is 71.8 cm³/mol. The lowest BCUT2D eigenvalue weighted by Crippen LogP contribution is -2.20. The third-order valence-electron chi connectivity index (χ3n) is 2.67. The molecular formula is C12H12F3N5O. The van der Waals surface area contributed by atoms with Crippen LogP contribution in [-0.2, 0) is 6.18 Å². The number of carbonyl (C=O) groups is 1. The van der Waals surface area contributed by atoms with E-state index in [1.54, 1.807) is 6.92 Å². The molecule has 1 heterocycles. The zero-order valence-corrected chi connectivity index (χ0v) is 10.9. The van der Waals surface area contributed by atoms with Gasteiger partial charge in [0.25, 0.3) is 0 Å². The van der Waals surface area contributed by atoms with Crippen LogP contribution >= 0.6 is 0 Å². The van der Waals surface area contributed by atoms with E-state index in [4.69, 9.17) is 5.73 Å². The van der Waals surface area contributed by atoms with Gasteiger partial charge in [-0.1, -0.05) is 6.07 Å². The molecule has 0 fully saturated rings. The van der Waals surface area contributed by atoms with Crippen LogP contribution in [0.3, 0.4) is 0 Å². The molecular weight excluding hydrogens is 287 g/mol. The number of nitrogens with one attached hydrogen (secondary N) is 3. The molecule has 0 bridgehead atoms. The number of amides is 2. The van der Waals surface area contributed by atoms with Gasteiger partial charge in [-0.15, -0.1) is 0 Å². The number of urea groups is 1. The zero-order chi connectivity index (χ0) is 15.6. The highest BCUT2D eigenvalue weighted by atomic mass is 19.4. The van der Waals surface area contributed by atoms with Crippen molar-refractivity contribution in [1.29, 1.82) is 0 Å². The average molecular weight is 299 g/mol. The largest absolute Gasteiger partial charge is 0.416 e. The van der Waals surface area contributed by atoms with Gasteiger partial charge in [0.1, 0.15) is 0 Å². The molecule has 1 aromatic heterocycles. The summed E-state index contributed by atoms with van der Waals surface area (Å²) in [6, 6.07) is 3.55. The molecule has 0 spiro atoms. The number of halogens is 3. The molecule has 0 aliphatic heterocycles. The van der Waals surface area contributed by atoms with Crippen molar-refractivity contribution in [1.82, 2.24) is 10.2 Å². The van der Waals surface area contributed by atoms with E-state index in [9.17, 15) is 18.0 Å². The summed E-state index contributed by atoms with van der Waals surface area (Å²) in [5, 5.41) is 10.9. The first-order valence-corrected chi connectivity index (χ1v) is 5.83. The second-order valence-electron chi connectivity index (χ2n) is 4.27. The summed E-state index contributed by atoms with van der Waals surface area (Å²) in [4.78, 5) is 11.7. The van der Waals surface area contributed by atoms with Gasteiger partial charge in [-0.3, -0.25) is 10.4 Å². The molecule has 2 amide bonds. The van der Waals surface area contributed by atoms with Gasteiger partial charge < -0.3 is 11.1 Å². The molecule has 112 valence electrons. The Balaban J connectivity index is 2.08. The molecule has 0 aliphatic carbocycles. The number of H-pyrrole nitrogens is 1. The Kier molecular flexibility index (Phi) is 3.74. The highest BCUT2D eigenvalue weighted by Gasteiger charge is 2.30. The lowest BCUT2D eigenvalue weighted by molar-refractivity contribution is -0.137. The number of nitrogens with two attached hydrogens (primary N) is 1. The Morgan fingerprint density at radius 3 is 2.62 bits per heavy atom. The van der Waals surface area contributed by atoms with Gasteiger partial charge in [-0.2, -0.15) is 18.3 Å². The second kappa shape index (κ2) is 5.35. The van der Waals surface area contributed by atoms with Gasteiger partial charge in [0.2, 0.25) is 0 Å². The van der Waals surface area contributed by atoms with Gasteiger partial charge in [0.05, 0.1) is 16.9 Å². The molecule has 0 saturated heterocycles. The summed E-state index contributed by atoms with van der Waals surface area (Å²) >= 11 is 0. The van der Waals surface area contributed by atoms with E-state index in [0.717, 1.165) is 12.1 Å². The summed E-state index contributed by atoms with van der Waals surface area (Å²) in [6.07, 6.45) is -4.47. The maximum absolute atomic E-state index is 12.5. The number of aryl methyl sites for hydroxylation is 1. The van der Waals surface area contributed by atoms with Gasteiger partial charge in [-0.25, -0.2) is 4.79 Å². The van der Waals surface area contributed by atoms with E-state index in [2.05, 4.69) is 20.8 Å². The van der Waals surface area contributed by atoms with E-state index >= 15 is 0 Å². The number of rotatable bonds is 2. The van der Waals surface area contributed by atoms with E-state index in [1.807, 2.05) is 0 Å². The first-order valence-electron chi connectivity index (χ1n) is 5.83. The van der Waals surface area contributed by atoms with Crippen molar-refractivity contribution >= 4 is 23.2 Å². The first kappa shape index (κ1) is 14.7. The standard InChI is InChI=1S/C12H12F3N5O/c1-6-9(16)10(20-19-6)18-11(21)17-8-4-2-3-7(5-8)12(13,14)15/h2-5H,16H2,1H3,(H3,17,18,19,20,21). The molecule has 1 aromatic carbocycles. The minimum atomic E-state index is -4.47. The number of hydrogen-bond acceptors (Lipinski definition) is 3. The Morgan fingerprint density at radius 2 is 2.05 bits per heavy atom. The van der Waals surface area contributed by atoms with Crippen molar-refractivity contribution < 1.29 is 18.0 Å². The summed E-state index contributed by atoms with van der Waals surface area (Å²) in [5.41, 5.74) is 5.63. The number of benzene rings is 1. The minimum absolute atomic E-state index is 0.00755. The number of alkyl halides is 3. The van der Waals surface area contributed by atoms with Crippen LogP contribution in [0.25, 0.3) is 0 Å². The summed E-state index contributed by atoms with van der Waals surface area (Å²) in [7, 11) is 0. The van der Waals surface area contributed by atoms with E-state index in [1.165, 1.54) is 12.1 Å². The minimum Gasteiger partial charge on any atom is -0.394 e. The maximum atomic E-state index is 12.5. The van der Waals surface area contributed by atoms with Crippen LogP contribution in [0.1, 0.15) is 11.3 Å². The topological polar surface area (TPSA) is 95.8 Å². The molecule has 0 aliphatic rings. The van der Waals surface area contributed by atoms with Crippen LogP contribution in [-0.4, -0.2) is 16.2 Å². The van der Waals surface area contributed by atoms with E-state index in [0.29, 0.717) is 5.69 Å². The van der Waals surface area contributed by atoms with Crippen molar-refractivity contribution in [2.24, 2.45) is 0 Å². The fourth-order valence-electron chi connectivity index (χ4n) is 1.58. The molecule has 0 saturated carbocycles. The molecule has 0 radical (unpaired) electrons. The number of nitrogen functional groups attached to an aromatic ring is 1. The van der Waals surface area contributed by atoms with Crippen LogP contribution in [0.15, 0.2) is 24.3 Å². The van der Waals surface area contributed by atoms with Crippen molar-refractivity contribution in [2.45, 2.75) is 13.1 Å². The van der Waals surface area contributed by atoms with Gasteiger partial charge in [-0.05, 0) is 25.1 Å². The molecule has 2 rings (SSSR count). The molecule has 0 atom stereocenters. The Morgan fingerprint density at radius 1 is 1.33 bits per heavy atom. The maximum Gasteiger partial charge on any atom is 0.416 e. The van der Waals surface area contributed by atoms with Crippen molar-refractivity contribution in [3.63, 3.8) is 0 Å². The van der Waals surface area contributed by atoms with E-state index in [-0.39, 0.29) is 17.2 Å². The van der Waals surface area contributed by atoms with Crippen LogP contribution in [0.4, 0.5) is 35.2 Å². The highest BCUT2D eigenvalue weighted by Crippen LogP contribution is 2.30. The number of anilines is 3. The first-order chi connectivity index (χ1) is 9.77. The molecule has 0 unspecified atom stereocenters. The van der Waals surface area contributed by atoms with Gasteiger partial charge in [0.15, 0.2) is 5.82 Å². The van der Waals surface area contributed by atoms with Gasteiger partial charge in [0, 0.05) is 5.69 Å². The summed E-state index contributed by atoms with van der Waals surface area (Å²) in [6.45, 7) is 1.66. The number of nitrogens with zero attached hydrogens (tertiary/aromatic N) is 1. The quantitative estimate of drug-likeness (QED) is 0.686. The number of aromatic nitrogens is 2. The summed E-state index contributed by atoms with van der Waals surface area (Å²) in [5.74, 6) is 0.108. The van der Waals surface area contributed by atoms with Crippen molar-refractivity contribution in [3.05, 3.63) is 35.5 Å². The SMILES string of the molecule is Cc1[nH]nc(NC(=O)Nc2cccc(C(F)(F)F)c2)c1N. The summed E-state index contributed by atoms with van der Waals surface area (Å²) < 4.78 is 37.6. The van der Waals surface area contributed by atoms with Crippen molar-refractivity contribution in [2.75, 3.05) is 16.4 Å².